The number of rotatable bonds is 5. The Morgan fingerprint density at radius 3 is 2.45 bits per heavy atom. The zero-order valence-corrected chi connectivity index (χ0v) is 10.2. The second kappa shape index (κ2) is 5.90. The van der Waals surface area contributed by atoms with Gasteiger partial charge in [0.05, 0.1) is 12.5 Å². The summed E-state index contributed by atoms with van der Waals surface area (Å²) in [5.74, 6) is -6.39. The van der Waals surface area contributed by atoms with Crippen LogP contribution in [0.1, 0.15) is 6.42 Å². The molecule has 20 heavy (non-hydrogen) atoms. The van der Waals surface area contributed by atoms with E-state index in [9.17, 15) is 31.5 Å². The van der Waals surface area contributed by atoms with Gasteiger partial charge in [-0.1, -0.05) is 0 Å². The lowest BCUT2D eigenvalue weighted by molar-refractivity contribution is -0.157. The van der Waals surface area contributed by atoms with Crippen molar-refractivity contribution in [3.05, 3.63) is 0 Å². The Morgan fingerprint density at radius 2 is 1.95 bits per heavy atom. The Hall–Kier alpha value is -1.45. The van der Waals surface area contributed by atoms with E-state index in [1.165, 1.54) is 0 Å². The predicted octanol–water partition coefficient (Wildman–Crippen LogP) is 0.141. The van der Waals surface area contributed by atoms with E-state index in [1.807, 2.05) is 5.32 Å². The average molecular weight is 304 g/mol. The maximum Gasteiger partial charge on any atom is 0.406 e. The maximum absolute atomic E-state index is 12.7. The first-order valence-electron chi connectivity index (χ1n) is 5.65. The summed E-state index contributed by atoms with van der Waals surface area (Å²) in [7, 11) is 0. The first kappa shape index (κ1) is 16.6. The molecule has 1 fully saturated rings. The van der Waals surface area contributed by atoms with Crippen LogP contribution in [0.2, 0.25) is 0 Å². The van der Waals surface area contributed by atoms with Gasteiger partial charge in [-0.2, -0.15) is 13.2 Å². The van der Waals surface area contributed by atoms with E-state index in [4.69, 9.17) is 5.11 Å². The van der Waals surface area contributed by atoms with E-state index in [2.05, 4.69) is 0 Å². The summed E-state index contributed by atoms with van der Waals surface area (Å²) in [6.07, 6.45) is -5.03. The Kier molecular flexibility index (Phi) is 4.90. The fraction of sp³-hybridized carbons (Fsp3) is 0.800. The molecule has 1 saturated heterocycles. The summed E-state index contributed by atoms with van der Waals surface area (Å²) in [6.45, 7) is -4.53. The molecule has 2 N–H and O–H groups in total. The van der Waals surface area contributed by atoms with Gasteiger partial charge in [0.25, 0.3) is 5.92 Å². The number of amides is 2. The predicted molar refractivity (Wildman–Crippen MR) is 55.8 cm³/mol. The number of carbonyl (C=O) groups is 2. The van der Waals surface area contributed by atoms with Crippen molar-refractivity contribution in [2.75, 3.05) is 26.2 Å². The molecule has 0 aromatic heterocycles. The Bertz CT molecular complexity index is 386. The molecule has 1 unspecified atom stereocenters. The minimum absolute atomic E-state index is 0.452. The summed E-state index contributed by atoms with van der Waals surface area (Å²) in [5, 5.41) is 10.1. The molecule has 0 spiro atoms. The highest BCUT2D eigenvalue weighted by Crippen LogP contribution is 2.24. The smallest absolute Gasteiger partial charge is 0.390 e. The standard InChI is InChI=1S/C10H13F5N2O3/c11-9(12,5-18)3-16-8(20)6-1-7(19)17(2-6)4-10(13,14)15/h6,18H,1-5H2,(H,16,20). The van der Waals surface area contributed by atoms with E-state index in [1.54, 1.807) is 0 Å². The average Bonchev–Trinajstić information content (AvgIpc) is 2.66. The lowest BCUT2D eigenvalue weighted by Gasteiger charge is -2.19. The van der Waals surface area contributed by atoms with Gasteiger partial charge in [0.2, 0.25) is 11.8 Å². The highest BCUT2D eigenvalue weighted by molar-refractivity contribution is 5.89. The molecule has 0 radical (unpaired) electrons. The summed E-state index contributed by atoms with van der Waals surface area (Å²) in [5.41, 5.74) is 0. The van der Waals surface area contributed by atoms with Crippen LogP contribution in [0, 0.1) is 5.92 Å². The fourth-order valence-corrected chi connectivity index (χ4v) is 1.73. The fourth-order valence-electron chi connectivity index (χ4n) is 1.73. The van der Waals surface area contributed by atoms with Gasteiger partial charge < -0.3 is 15.3 Å². The molecule has 1 heterocycles. The minimum atomic E-state index is -4.58. The number of nitrogens with one attached hydrogen (secondary N) is 1. The number of hydrogen-bond acceptors (Lipinski definition) is 3. The number of alkyl halides is 5. The third-order valence-electron chi connectivity index (χ3n) is 2.71. The maximum atomic E-state index is 12.7. The number of hydrogen-bond donors (Lipinski definition) is 2. The number of carbonyl (C=O) groups excluding carboxylic acids is 2. The lowest BCUT2D eigenvalue weighted by Crippen LogP contribution is -2.42. The van der Waals surface area contributed by atoms with Crippen molar-refractivity contribution in [3.8, 4) is 0 Å². The molecule has 5 nitrogen and oxygen atoms in total. The minimum Gasteiger partial charge on any atom is -0.390 e. The van der Waals surface area contributed by atoms with Crippen LogP contribution >= 0.6 is 0 Å². The van der Waals surface area contributed by atoms with Gasteiger partial charge in [0.15, 0.2) is 0 Å². The van der Waals surface area contributed by atoms with Crippen molar-refractivity contribution in [2.24, 2.45) is 5.92 Å². The SMILES string of the molecule is O=C(NCC(F)(F)CO)C1CC(=O)N(CC(F)(F)F)C1. The van der Waals surface area contributed by atoms with Gasteiger partial charge in [-0.25, -0.2) is 8.78 Å². The molecule has 1 aliphatic rings. The largest absolute Gasteiger partial charge is 0.406 e. The Labute approximate surface area is 110 Å². The number of likely N-dealkylation sites (tertiary alicyclic amines) is 1. The van der Waals surface area contributed by atoms with Crippen molar-refractivity contribution in [3.63, 3.8) is 0 Å². The van der Waals surface area contributed by atoms with Crippen molar-refractivity contribution >= 4 is 11.8 Å². The highest BCUT2D eigenvalue weighted by atomic mass is 19.4. The van der Waals surface area contributed by atoms with Crippen LogP contribution < -0.4 is 5.32 Å². The van der Waals surface area contributed by atoms with E-state index >= 15 is 0 Å². The molecular weight excluding hydrogens is 291 g/mol. The second-order valence-corrected chi connectivity index (χ2v) is 4.52. The van der Waals surface area contributed by atoms with Crippen LogP contribution in [0.5, 0.6) is 0 Å². The number of aliphatic hydroxyl groups excluding tert-OH is 1. The highest BCUT2D eigenvalue weighted by Gasteiger charge is 2.41. The molecule has 0 aliphatic carbocycles. The lowest BCUT2D eigenvalue weighted by atomic mass is 10.1. The van der Waals surface area contributed by atoms with Gasteiger partial charge in [-0.3, -0.25) is 9.59 Å². The quantitative estimate of drug-likeness (QED) is 0.710. The number of nitrogens with zero attached hydrogens (tertiary/aromatic N) is 1. The van der Waals surface area contributed by atoms with E-state index in [0.29, 0.717) is 4.90 Å². The van der Waals surface area contributed by atoms with E-state index in [-0.39, 0.29) is 0 Å². The Morgan fingerprint density at radius 1 is 1.35 bits per heavy atom. The molecule has 0 aromatic rings. The molecule has 0 bridgehead atoms. The molecule has 1 aliphatic heterocycles. The normalized spacial score (nSPS) is 20.4. The van der Waals surface area contributed by atoms with Gasteiger partial charge >= 0.3 is 6.18 Å². The van der Waals surface area contributed by atoms with Crippen LogP contribution in [0.4, 0.5) is 22.0 Å². The third-order valence-corrected chi connectivity index (χ3v) is 2.71. The Balaban J connectivity index is 2.50. The van der Waals surface area contributed by atoms with Gasteiger partial charge in [-0.15, -0.1) is 0 Å². The molecule has 1 rings (SSSR count). The van der Waals surface area contributed by atoms with Crippen molar-refractivity contribution < 1.29 is 36.6 Å². The first-order chi connectivity index (χ1) is 9.04. The summed E-state index contributed by atoms with van der Waals surface area (Å²) in [6, 6.07) is 0. The summed E-state index contributed by atoms with van der Waals surface area (Å²) >= 11 is 0. The van der Waals surface area contributed by atoms with E-state index in [0.717, 1.165) is 0 Å². The molecule has 10 heteroatoms. The summed E-state index contributed by atoms with van der Waals surface area (Å²) < 4.78 is 61.8. The van der Waals surface area contributed by atoms with Crippen LogP contribution in [-0.2, 0) is 9.59 Å². The van der Waals surface area contributed by atoms with Gasteiger partial charge in [-0.05, 0) is 0 Å². The molecule has 1 atom stereocenters. The number of aliphatic hydroxyl groups is 1. The van der Waals surface area contributed by atoms with Crippen LogP contribution in [0.15, 0.2) is 0 Å². The zero-order chi connectivity index (χ0) is 15.6. The van der Waals surface area contributed by atoms with Crippen LogP contribution in [0.3, 0.4) is 0 Å². The second-order valence-electron chi connectivity index (χ2n) is 4.52. The molecule has 0 aromatic carbocycles. The first-order valence-corrected chi connectivity index (χ1v) is 5.65. The topological polar surface area (TPSA) is 69.6 Å². The monoisotopic (exact) mass is 304 g/mol. The van der Waals surface area contributed by atoms with Crippen molar-refractivity contribution in [1.29, 1.82) is 0 Å². The molecule has 0 saturated carbocycles. The summed E-state index contributed by atoms with van der Waals surface area (Å²) in [4.78, 5) is 23.2. The molecular formula is C10H13F5N2O3. The van der Waals surface area contributed by atoms with Crippen LogP contribution in [0.25, 0.3) is 0 Å². The molecule has 116 valence electrons. The van der Waals surface area contributed by atoms with Gasteiger partial charge in [0, 0.05) is 13.0 Å². The molecule has 2 amide bonds. The van der Waals surface area contributed by atoms with Gasteiger partial charge in [0.1, 0.15) is 13.2 Å². The zero-order valence-electron chi connectivity index (χ0n) is 10.2. The third kappa shape index (κ3) is 4.91. The van der Waals surface area contributed by atoms with Crippen molar-refractivity contribution in [2.45, 2.75) is 18.5 Å². The van der Waals surface area contributed by atoms with Crippen molar-refractivity contribution in [1.82, 2.24) is 10.2 Å². The number of halogens is 5. The van der Waals surface area contributed by atoms with E-state index < -0.39 is 62.5 Å². The van der Waals surface area contributed by atoms with Crippen LogP contribution in [-0.4, -0.2) is 60.2 Å².